The second kappa shape index (κ2) is 6.38. The van der Waals surface area contributed by atoms with E-state index in [1.54, 1.807) is 31.2 Å². The zero-order valence-corrected chi connectivity index (χ0v) is 13.4. The lowest BCUT2D eigenvalue weighted by atomic mass is 10.1. The highest BCUT2D eigenvalue weighted by atomic mass is 35.5. The van der Waals surface area contributed by atoms with Gasteiger partial charge in [-0.3, -0.25) is 0 Å². The van der Waals surface area contributed by atoms with E-state index in [-0.39, 0.29) is 11.9 Å². The predicted octanol–water partition coefficient (Wildman–Crippen LogP) is 5.01. The van der Waals surface area contributed by atoms with Crippen LogP contribution in [0.3, 0.4) is 0 Å². The largest absolute Gasteiger partial charge is 0.374 e. The van der Waals surface area contributed by atoms with Crippen LogP contribution in [-0.4, -0.2) is 10.1 Å². The minimum atomic E-state index is -0.291. The molecule has 0 aliphatic carbocycles. The number of aromatic nitrogens is 2. The van der Waals surface area contributed by atoms with Gasteiger partial charge in [-0.1, -0.05) is 28.9 Å². The second-order valence-corrected chi connectivity index (χ2v) is 5.73. The van der Waals surface area contributed by atoms with Crippen LogP contribution < -0.4 is 5.32 Å². The van der Waals surface area contributed by atoms with Crippen LogP contribution in [0.15, 0.2) is 47.0 Å². The summed E-state index contributed by atoms with van der Waals surface area (Å²) in [7, 11) is 0. The molecular formula is C17H15ClFN3O. The van der Waals surface area contributed by atoms with E-state index in [0.717, 1.165) is 5.69 Å². The lowest BCUT2D eigenvalue weighted by Crippen LogP contribution is -2.06. The van der Waals surface area contributed by atoms with Crippen molar-refractivity contribution in [3.05, 3.63) is 64.8 Å². The first kappa shape index (κ1) is 15.5. The van der Waals surface area contributed by atoms with Crippen LogP contribution in [0.25, 0.3) is 11.4 Å². The number of rotatable bonds is 4. The zero-order valence-electron chi connectivity index (χ0n) is 12.7. The normalized spacial score (nSPS) is 12.2. The highest BCUT2D eigenvalue weighted by Gasteiger charge is 2.15. The molecule has 1 heterocycles. The van der Waals surface area contributed by atoms with Gasteiger partial charge in [0.15, 0.2) is 0 Å². The van der Waals surface area contributed by atoms with Gasteiger partial charge in [0.2, 0.25) is 11.7 Å². The Bertz CT molecular complexity index is 817. The molecule has 0 unspecified atom stereocenters. The lowest BCUT2D eigenvalue weighted by Gasteiger charge is -2.10. The number of hydrogen-bond donors (Lipinski definition) is 1. The van der Waals surface area contributed by atoms with Gasteiger partial charge in [0.05, 0.1) is 0 Å². The highest BCUT2D eigenvalue weighted by Crippen LogP contribution is 2.23. The van der Waals surface area contributed by atoms with Crippen molar-refractivity contribution in [1.82, 2.24) is 10.1 Å². The number of anilines is 1. The van der Waals surface area contributed by atoms with Gasteiger partial charge in [-0.2, -0.15) is 4.98 Å². The van der Waals surface area contributed by atoms with Gasteiger partial charge < -0.3 is 9.84 Å². The van der Waals surface area contributed by atoms with Gasteiger partial charge in [0.1, 0.15) is 11.9 Å². The van der Waals surface area contributed by atoms with Crippen molar-refractivity contribution in [3.63, 3.8) is 0 Å². The first-order valence-electron chi connectivity index (χ1n) is 7.15. The number of halogens is 2. The van der Waals surface area contributed by atoms with Gasteiger partial charge >= 0.3 is 0 Å². The van der Waals surface area contributed by atoms with Crippen LogP contribution >= 0.6 is 11.6 Å². The van der Waals surface area contributed by atoms with Gasteiger partial charge in [0.25, 0.3) is 0 Å². The van der Waals surface area contributed by atoms with Gasteiger partial charge in [-0.25, -0.2) is 4.39 Å². The average molecular weight is 332 g/mol. The molecule has 4 nitrogen and oxygen atoms in total. The SMILES string of the molecule is Cc1ccc(-c2noc([C@@H](C)Nc3ccc(Cl)cc3)n2)cc1F. The van der Waals surface area contributed by atoms with Crippen LogP contribution in [-0.2, 0) is 0 Å². The smallest absolute Gasteiger partial charge is 0.249 e. The Labute approximate surface area is 138 Å². The van der Waals surface area contributed by atoms with E-state index in [1.165, 1.54) is 6.07 Å². The molecule has 23 heavy (non-hydrogen) atoms. The van der Waals surface area contributed by atoms with E-state index in [1.807, 2.05) is 19.1 Å². The number of benzene rings is 2. The number of aryl methyl sites for hydroxylation is 1. The van der Waals surface area contributed by atoms with Crippen LogP contribution in [0, 0.1) is 12.7 Å². The summed E-state index contributed by atoms with van der Waals surface area (Å²) < 4.78 is 18.9. The van der Waals surface area contributed by atoms with E-state index in [2.05, 4.69) is 15.5 Å². The molecule has 0 saturated heterocycles. The van der Waals surface area contributed by atoms with Crippen molar-refractivity contribution < 1.29 is 8.91 Å². The van der Waals surface area contributed by atoms with Crippen LogP contribution in [0.1, 0.15) is 24.4 Å². The number of hydrogen-bond acceptors (Lipinski definition) is 4. The summed E-state index contributed by atoms with van der Waals surface area (Å²) in [6.07, 6.45) is 0. The number of nitrogens with zero attached hydrogens (tertiary/aromatic N) is 2. The molecule has 0 radical (unpaired) electrons. The average Bonchev–Trinajstić information content (AvgIpc) is 3.02. The first-order valence-corrected chi connectivity index (χ1v) is 7.53. The summed E-state index contributed by atoms with van der Waals surface area (Å²) in [6.45, 7) is 3.61. The van der Waals surface area contributed by atoms with E-state index >= 15 is 0 Å². The Morgan fingerprint density at radius 3 is 2.61 bits per heavy atom. The molecule has 6 heteroatoms. The Balaban J connectivity index is 1.77. The molecule has 2 aromatic carbocycles. The molecule has 0 saturated carbocycles. The van der Waals surface area contributed by atoms with Crippen LogP contribution in [0.5, 0.6) is 0 Å². The zero-order chi connectivity index (χ0) is 16.4. The fraction of sp³-hybridized carbons (Fsp3) is 0.176. The third kappa shape index (κ3) is 3.51. The van der Waals surface area contributed by atoms with Crippen molar-refractivity contribution in [1.29, 1.82) is 0 Å². The third-order valence-corrected chi connectivity index (χ3v) is 3.72. The summed E-state index contributed by atoms with van der Waals surface area (Å²) in [5.74, 6) is 0.501. The molecule has 0 bridgehead atoms. The van der Waals surface area contributed by atoms with Crippen LogP contribution in [0.4, 0.5) is 10.1 Å². The predicted molar refractivity (Wildman–Crippen MR) is 87.9 cm³/mol. The van der Waals surface area contributed by atoms with Crippen molar-refractivity contribution in [2.24, 2.45) is 0 Å². The molecule has 1 atom stereocenters. The summed E-state index contributed by atoms with van der Waals surface area (Å²) in [4.78, 5) is 4.33. The molecule has 0 amide bonds. The van der Waals surface area contributed by atoms with E-state index in [0.29, 0.717) is 27.9 Å². The summed E-state index contributed by atoms with van der Waals surface area (Å²) in [5, 5.41) is 7.83. The molecule has 3 rings (SSSR count). The van der Waals surface area contributed by atoms with Gasteiger partial charge in [-0.15, -0.1) is 0 Å². The Morgan fingerprint density at radius 2 is 1.91 bits per heavy atom. The summed E-state index contributed by atoms with van der Waals surface area (Å²) >= 11 is 5.86. The minimum absolute atomic E-state index is 0.187. The topological polar surface area (TPSA) is 51.0 Å². The van der Waals surface area contributed by atoms with E-state index in [4.69, 9.17) is 16.1 Å². The van der Waals surface area contributed by atoms with Crippen molar-refractivity contribution in [2.75, 3.05) is 5.32 Å². The first-order chi connectivity index (χ1) is 11.0. The molecule has 0 aliphatic heterocycles. The highest BCUT2D eigenvalue weighted by molar-refractivity contribution is 6.30. The third-order valence-electron chi connectivity index (χ3n) is 3.47. The van der Waals surface area contributed by atoms with Crippen molar-refractivity contribution >= 4 is 17.3 Å². The lowest BCUT2D eigenvalue weighted by molar-refractivity contribution is 0.368. The Morgan fingerprint density at radius 1 is 1.17 bits per heavy atom. The van der Waals surface area contributed by atoms with Crippen LogP contribution in [0.2, 0.25) is 5.02 Å². The minimum Gasteiger partial charge on any atom is -0.374 e. The number of nitrogens with one attached hydrogen (secondary N) is 1. The molecular weight excluding hydrogens is 317 g/mol. The molecule has 3 aromatic rings. The summed E-state index contributed by atoms with van der Waals surface area (Å²) in [5.41, 5.74) is 2.06. The Hall–Kier alpha value is -2.40. The molecule has 0 spiro atoms. The van der Waals surface area contributed by atoms with Gasteiger partial charge in [-0.05, 0) is 49.7 Å². The van der Waals surface area contributed by atoms with E-state index in [9.17, 15) is 4.39 Å². The summed E-state index contributed by atoms with van der Waals surface area (Å²) in [6, 6.07) is 12.0. The fourth-order valence-electron chi connectivity index (χ4n) is 2.12. The monoisotopic (exact) mass is 331 g/mol. The molecule has 1 aromatic heterocycles. The van der Waals surface area contributed by atoms with Crippen molar-refractivity contribution in [3.8, 4) is 11.4 Å². The maximum absolute atomic E-state index is 13.6. The van der Waals surface area contributed by atoms with Gasteiger partial charge in [0, 0.05) is 16.3 Å². The fourth-order valence-corrected chi connectivity index (χ4v) is 2.24. The van der Waals surface area contributed by atoms with E-state index < -0.39 is 0 Å². The van der Waals surface area contributed by atoms with Crippen molar-refractivity contribution in [2.45, 2.75) is 19.9 Å². The molecule has 0 aliphatic rings. The molecule has 0 fully saturated rings. The second-order valence-electron chi connectivity index (χ2n) is 5.29. The maximum atomic E-state index is 13.6. The quantitative estimate of drug-likeness (QED) is 0.730. The standard InChI is InChI=1S/C17H15ClFN3O/c1-10-3-4-12(9-15(10)19)16-21-17(23-22-16)11(2)20-14-7-5-13(18)6-8-14/h3-9,11,20H,1-2H3/t11-/m1/s1. The molecule has 1 N–H and O–H groups in total. The Kier molecular flexibility index (Phi) is 4.30. The molecule has 118 valence electrons. The maximum Gasteiger partial charge on any atom is 0.249 e.